The lowest BCUT2D eigenvalue weighted by atomic mass is 10.1. The van der Waals surface area contributed by atoms with Gasteiger partial charge in [0.15, 0.2) is 0 Å². The highest BCUT2D eigenvalue weighted by Gasteiger charge is 2.25. The summed E-state index contributed by atoms with van der Waals surface area (Å²) < 4.78 is 1.56. The molecule has 1 saturated heterocycles. The van der Waals surface area contributed by atoms with E-state index in [0.717, 1.165) is 24.5 Å². The number of hydrogen-bond donors (Lipinski definition) is 1. The molecule has 1 aromatic heterocycles. The largest absolute Gasteiger partial charge is 0.371 e. The van der Waals surface area contributed by atoms with E-state index in [-0.39, 0.29) is 11.9 Å². The van der Waals surface area contributed by atoms with Crippen LogP contribution in [0.2, 0.25) is 5.02 Å². The first-order valence-corrected chi connectivity index (χ1v) is 8.55. The van der Waals surface area contributed by atoms with Crippen LogP contribution in [0, 0.1) is 12.8 Å². The third-order valence-electron chi connectivity index (χ3n) is 4.58. The van der Waals surface area contributed by atoms with Crippen LogP contribution < -0.4 is 10.2 Å². The zero-order valence-corrected chi connectivity index (χ0v) is 14.7. The van der Waals surface area contributed by atoms with Crippen molar-refractivity contribution in [2.45, 2.75) is 26.3 Å². The van der Waals surface area contributed by atoms with E-state index in [1.807, 2.05) is 25.1 Å². The minimum Gasteiger partial charge on any atom is -0.371 e. The van der Waals surface area contributed by atoms with Crippen LogP contribution in [0.15, 0.2) is 30.9 Å². The molecule has 0 unspecified atom stereocenters. The number of carbonyl (C=O) groups excluding carboxylic acids is 1. The van der Waals surface area contributed by atoms with Gasteiger partial charge < -0.3 is 10.2 Å². The summed E-state index contributed by atoms with van der Waals surface area (Å²) in [7, 11) is 0. The smallest absolute Gasteiger partial charge is 0.244 e. The molecule has 2 aromatic rings. The fourth-order valence-corrected chi connectivity index (χ4v) is 3.24. The molecular formula is C17H22ClN5O. The summed E-state index contributed by atoms with van der Waals surface area (Å²) in [5.41, 5.74) is 2.41. The topological polar surface area (TPSA) is 63.1 Å². The number of carbonyl (C=O) groups is 1. The first-order valence-electron chi connectivity index (χ1n) is 8.17. The fourth-order valence-electron chi connectivity index (χ4n) is 3.07. The van der Waals surface area contributed by atoms with Crippen LogP contribution in [0.4, 0.5) is 5.69 Å². The van der Waals surface area contributed by atoms with Crippen LogP contribution in [-0.2, 0) is 4.79 Å². The Hall–Kier alpha value is -2.08. The van der Waals surface area contributed by atoms with Gasteiger partial charge in [0.25, 0.3) is 0 Å². The molecule has 1 fully saturated rings. The molecule has 0 saturated carbocycles. The summed E-state index contributed by atoms with van der Waals surface area (Å²) in [6.07, 6.45) is 4.05. The van der Waals surface area contributed by atoms with Gasteiger partial charge in [0.05, 0.1) is 0 Å². The first kappa shape index (κ1) is 16.8. The SMILES string of the molecule is Cc1ccc(Cl)cc1N1CC[C@@H](CNC(=O)[C@H](C)n2cncn2)C1. The highest BCUT2D eigenvalue weighted by Crippen LogP contribution is 2.29. The molecule has 6 nitrogen and oxygen atoms in total. The molecule has 1 aromatic carbocycles. The Labute approximate surface area is 146 Å². The number of rotatable bonds is 5. The number of anilines is 1. The monoisotopic (exact) mass is 347 g/mol. The minimum absolute atomic E-state index is 0.0297. The van der Waals surface area contributed by atoms with E-state index in [1.54, 1.807) is 11.0 Å². The van der Waals surface area contributed by atoms with Crippen molar-refractivity contribution in [3.8, 4) is 0 Å². The molecule has 7 heteroatoms. The van der Waals surface area contributed by atoms with Crippen LogP contribution >= 0.6 is 11.6 Å². The van der Waals surface area contributed by atoms with Gasteiger partial charge in [0.1, 0.15) is 18.7 Å². The van der Waals surface area contributed by atoms with Crippen LogP contribution in [0.25, 0.3) is 0 Å². The van der Waals surface area contributed by atoms with E-state index in [9.17, 15) is 4.79 Å². The third-order valence-corrected chi connectivity index (χ3v) is 4.81. The summed E-state index contributed by atoms with van der Waals surface area (Å²) in [5, 5.41) is 7.80. The van der Waals surface area contributed by atoms with Gasteiger partial charge in [-0.3, -0.25) is 4.79 Å². The Morgan fingerprint density at radius 1 is 1.50 bits per heavy atom. The fraction of sp³-hybridized carbons (Fsp3) is 0.471. The average molecular weight is 348 g/mol. The summed E-state index contributed by atoms with van der Waals surface area (Å²) in [4.78, 5) is 18.4. The Morgan fingerprint density at radius 2 is 2.33 bits per heavy atom. The first-order chi connectivity index (χ1) is 11.5. The Bertz CT molecular complexity index is 703. The number of aromatic nitrogens is 3. The number of hydrogen-bond acceptors (Lipinski definition) is 4. The second-order valence-electron chi connectivity index (χ2n) is 6.33. The number of halogens is 1. The van der Waals surface area contributed by atoms with Crippen LogP contribution in [0.1, 0.15) is 24.9 Å². The average Bonchev–Trinajstić information content (AvgIpc) is 3.25. The maximum atomic E-state index is 12.2. The standard InChI is InChI=1S/C17H22ClN5O/c1-12-3-4-15(18)7-16(12)22-6-5-14(9-22)8-20-17(24)13(2)23-11-19-10-21-23/h3-4,7,10-11,13-14H,5-6,8-9H2,1-2H3,(H,20,24)/t13-,14-/m0/s1. The van der Waals surface area contributed by atoms with Crippen LogP contribution in [0.3, 0.4) is 0 Å². The number of aryl methyl sites for hydroxylation is 1. The van der Waals surface area contributed by atoms with Crippen molar-refractivity contribution in [1.29, 1.82) is 0 Å². The molecule has 0 spiro atoms. The molecule has 0 radical (unpaired) electrons. The lowest BCUT2D eigenvalue weighted by Crippen LogP contribution is -2.35. The van der Waals surface area contributed by atoms with Gasteiger partial charge in [-0.1, -0.05) is 17.7 Å². The maximum absolute atomic E-state index is 12.2. The van der Waals surface area contributed by atoms with Gasteiger partial charge in [-0.25, -0.2) is 9.67 Å². The van der Waals surface area contributed by atoms with Crippen molar-refractivity contribution in [1.82, 2.24) is 20.1 Å². The zero-order chi connectivity index (χ0) is 17.1. The van der Waals surface area contributed by atoms with E-state index in [2.05, 4.69) is 27.2 Å². The van der Waals surface area contributed by atoms with E-state index in [4.69, 9.17) is 11.6 Å². The van der Waals surface area contributed by atoms with E-state index < -0.39 is 0 Å². The number of amides is 1. The van der Waals surface area contributed by atoms with Crippen LogP contribution in [0.5, 0.6) is 0 Å². The van der Waals surface area contributed by atoms with Gasteiger partial charge >= 0.3 is 0 Å². The molecule has 0 aliphatic carbocycles. The van der Waals surface area contributed by atoms with Gasteiger partial charge in [0.2, 0.25) is 5.91 Å². The minimum atomic E-state index is -0.347. The Morgan fingerprint density at radius 3 is 3.08 bits per heavy atom. The lowest BCUT2D eigenvalue weighted by molar-refractivity contribution is -0.124. The van der Waals surface area contributed by atoms with Crippen molar-refractivity contribution >= 4 is 23.2 Å². The van der Waals surface area contributed by atoms with Gasteiger partial charge in [-0.2, -0.15) is 5.10 Å². The molecule has 1 N–H and O–H groups in total. The zero-order valence-electron chi connectivity index (χ0n) is 13.9. The molecule has 2 atom stereocenters. The van der Waals surface area contributed by atoms with Crippen molar-refractivity contribution in [2.75, 3.05) is 24.5 Å². The second kappa shape index (κ2) is 7.21. The quantitative estimate of drug-likeness (QED) is 0.902. The molecule has 3 rings (SSSR count). The predicted octanol–water partition coefficient (Wildman–Crippen LogP) is 2.44. The van der Waals surface area contributed by atoms with Crippen LogP contribution in [-0.4, -0.2) is 40.3 Å². The summed E-state index contributed by atoms with van der Waals surface area (Å²) in [5.74, 6) is 0.410. The summed E-state index contributed by atoms with van der Waals surface area (Å²) >= 11 is 6.12. The van der Waals surface area contributed by atoms with Gasteiger partial charge in [-0.05, 0) is 43.9 Å². The van der Waals surface area contributed by atoms with Gasteiger partial charge in [-0.15, -0.1) is 0 Å². The van der Waals surface area contributed by atoms with E-state index in [1.165, 1.54) is 17.6 Å². The van der Waals surface area contributed by atoms with Crippen molar-refractivity contribution < 1.29 is 4.79 Å². The van der Waals surface area contributed by atoms with E-state index in [0.29, 0.717) is 12.5 Å². The highest BCUT2D eigenvalue weighted by molar-refractivity contribution is 6.30. The molecule has 1 aliphatic rings. The molecule has 2 heterocycles. The van der Waals surface area contributed by atoms with E-state index >= 15 is 0 Å². The third kappa shape index (κ3) is 3.70. The summed E-state index contributed by atoms with van der Waals surface area (Å²) in [6, 6.07) is 5.64. The molecule has 1 aliphatic heterocycles. The maximum Gasteiger partial charge on any atom is 0.244 e. The molecule has 1 amide bonds. The normalized spacial score (nSPS) is 18.6. The Kier molecular flexibility index (Phi) is 5.04. The van der Waals surface area contributed by atoms with Crippen molar-refractivity contribution in [3.05, 3.63) is 41.4 Å². The van der Waals surface area contributed by atoms with Gasteiger partial charge in [0, 0.05) is 30.3 Å². The molecular weight excluding hydrogens is 326 g/mol. The number of nitrogens with one attached hydrogen (secondary N) is 1. The Balaban J connectivity index is 1.53. The predicted molar refractivity (Wildman–Crippen MR) is 94.3 cm³/mol. The molecule has 128 valence electrons. The highest BCUT2D eigenvalue weighted by atomic mass is 35.5. The van der Waals surface area contributed by atoms with Crippen molar-refractivity contribution in [3.63, 3.8) is 0 Å². The molecule has 0 bridgehead atoms. The van der Waals surface area contributed by atoms with Crippen molar-refractivity contribution in [2.24, 2.45) is 5.92 Å². The number of benzene rings is 1. The second-order valence-corrected chi connectivity index (χ2v) is 6.76. The number of nitrogens with zero attached hydrogens (tertiary/aromatic N) is 4. The summed E-state index contributed by atoms with van der Waals surface area (Å²) in [6.45, 7) is 6.51. The molecule has 24 heavy (non-hydrogen) atoms. The lowest BCUT2D eigenvalue weighted by Gasteiger charge is -2.21.